The molecular formula is C25H25N7O3. The topological polar surface area (TPSA) is 128 Å². The predicted molar refractivity (Wildman–Crippen MR) is 131 cm³/mol. The number of nitrogens with one attached hydrogen (secondary N) is 1. The summed E-state index contributed by atoms with van der Waals surface area (Å²) in [6.45, 7) is 2.42. The van der Waals surface area contributed by atoms with Crippen LogP contribution in [0.3, 0.4) is 0 Å². The maximum absolute atomic E-state index is 13.1. The summed E-state index contributed by atoms with van der Waals surface area (Å²) in [5.41, 5.74) is 9.16. The number of benzene rings is 1. The van der Waals surface area contributed by atoms with Crippen molar-refractivity contribution < 1.29 is 14.4 Å². The highest BCUT2D eigenvalue weighted by Crippen LogP contribution is 2.23. The van der Waals surface area contributed by atoms with E-state index in [0.717, 1.165) is 22.0 Å². The highest BCUT2D eigenvalue weighted by atomic mass is 16.2. The number of carbonyl (C=O) groups is 3. The van der Waals surface area contributed by atoms with E-state index in [9.17, 15) is 14.4 Å². The van der Waals surface area contributed by atoms with Crippen molar-refractivity contribution in [2.75, 3.05) is 18.8 Å². The van der Waals surface area contributed by atoms with Crippen molar-refractivity contribution in [3.05, 3.63) is 66.2 Å². The lowest BCUT2D eigenvalue weighted by Gasteiger charge is -2.18. The van der Waals surface area contributed by atoms with Crippen LogP contribution in [0.5, 0.6) is 0 Å². The lowest BCUT2D eigenvalue weighted by Crippen LogP contribution is -2.38. The standard InChI is InChI=1S/C25H25N7O3/c1-15(33)32-8-5-16-9-17(3-4-22(16)32)25(35)31-7-6-20(14-31)29-24(34)21-10-18(11-27-23(21)26)19-12-28-30(2)13-19/h3-5,8-13,20H,6-7,14H2,1-2H3,(H2,26,27)(H,29,34)/t20-/m1/s1. The van der Waals surface area contributed by atoms with E-state index < -0.39 is 0 Å². The van der Waals surface area contributed by atoms with E-state index in [-0.39, 0.29) is 35.1 Å². The van der Waals surface area contributed by atoms with Gasteiger partial charge in [-0.3, -0.25) is 23.6 Å². The van der Waals surface area contributed by atoms with Gasteiger partial charge >= 0.3 is 0 Å². The van der Waals surface area contributed by atoms with E-state index in [4.69, 9.17) is 5.73 Å². The Bertz CT molecular complexity index is 1470. The van der Waals surface area contributed by atoms with Gasteiger partial charge in [-0.2, -0.15) is 5.10 Å². The summed E-state index contributed by atoms with van der Waals surface area (Å²) in [4.78, 5) is 43.7. The van der Waals surface area contributed by atoms with Crippen LogP contribution in [0.2, 0.25) is 0 Å². The summed E-state index contributed by atoms with van der Waals surface area (Å²) in [5.74, 6) is -0.378. The van der Waals surface area contributed by atoms with Crippen LogP contribution in [0.25, 0.3) is 22.0 Å². The van der Waals surface area contributed by atoms with Gasteiger partial charge in [0.15, 0.2) is 0 Å². The van der Waals surface area contributed by atoms with Crippen molar-refractivity contribution >= 4 is 34.4 Å². The summed E-state index contributed by atoms with van der Waals surface area (Å²) in [6, 6.07) is 8.62. The van der Waals surface area contributed by atoms with Crippen LogP contribution in [-0.2, 0) is 7.05 Å². The molecule has 1 aliphatic rings. The molecule has 178 valence electrons. The fourth-order valence-corrected chi connectivity index (χ4v) is 4.44. The number of nitrogens with zero attached hydrogens (tertiary/aromatic N) is 5. The van der Waals surface area contributed by atoms with Crippen LogP contribution in [0.4, 0.5) is 5.82 Å². The summed E-state index contributed by atoms with van der Waals surface area (Å²) in [6.07, 6.45) is 7.48. The lowest BCUT2D eigenvalue weighted by molar-refractivity contribution is 0.0783. The van der Waals surface area contributed by atoms with E-state index >= 15 is 0 Å². The molecule has 1 aromatic carbocycles. The highest BCUT2D eigenvalue weighted by Gasteiger charge is 2.29. The van der Waals surface area contributed by atoms with Crippen LogP contribution in [0.15, 0.2) is 55.1 Å². The van der Waals surface area contributed by atoms with E-state index in [0.29, 0.717) is 25.1 Å². The Morgan fingerprint density at radius 3 is 2.69 bits per heavy atom. The van der Waals surface area contributed by atoms with Crippen LogP contribution < -0.4 is 11.1 Å². The van der Waals surface area contributed by atoms with Crippen molar-refractivity contribution in [2.45, 2.75) is 19.4 Å². The van der Waals surface area contributed by atoms with Gasteiger partial charge in [-0.1, -0.05) is 0 Å². The van der Waals surface area contributed by atoms with Gasteiger partial charge in [-0.15, -0.1) is 0 Å². The second-order valence-electron chi connectivity index (χ2n) is 8.75. The maximum atomic E-state index is 13.1. The second-order valence-corrected chi connectivity index (χ2v) is 8.75. The summed E-state index contributed by atoms with van der Waals surface area (Å²) < 4.78 is 3.22. The fourth-order valence-electron chi connectivity index (χ4n) is 4.44. The first-order chi connectivity index (χ1) is 16.8. The number of amides is 2. The Morgan fingerprint density at radius 1 is 1.11 bits per heavy atom. The molecule has 10 nitrogen and oxygen atoms in total. The average molecular weight is 472 g/mol. The van der Waals surface area contributed by atoms with E-state index in [1.165, 1.54) is 6.92 Å². The van der Waals surface area contributed by atoms with Crippen molar-refractivity contribution in [3.8, 4) is 11.1 Å². The minimum Gasteiger partial charge on any atom is -0.383 e. The van der Waals surface area contributed by atoms with Crippen LogP contribution >= 0.6 is 0 Å². The number of rotatable bonds is 4. The number of hydrogen-bond donors (Lipinski definition) is 2. The van der Waals surface area contributed by atoms with Crippen molar-refractivity contribution in [1.82, 2.24) is 29.5 Å². The van der Waals surface area contributed by atoms with E-state index in [1.54, 1.807) is 57.0 Å². The Morgan fingerprint density at radius 2 is 1.94 bits per heavy atom. The number of nitrogen functional groups attached to an aromatic ring is 1. The first kappa shape index (κ1) is 22.3. The largest absolute Gasteiger partial charge is 0.383 e. The zero-order valence-electron chi connectivity index (χ0n) is 19.4. The van der Waals surface area contributed by atoms with Gasteiger partial charge in [0, 0.05) is 73.8 Å². The smallest absolute Gasteiger partial charge is 0.255 e. The van der Waals surface area contributed by atoms with Gasteiger partial charge in [0.1, 0.15) is 5.82 Å². The van der Waals surface area contributed by atoms with E-state index in [1.807, 2.05) is 19.3 Å². The summed E-state index contributed by atoms with van der Waals surface area (Å²) in [7, 11) is 1.81. The number of hydrogen-bond acceptors (Lipinski definition) is 6. The normalized spacial score (nSPS) is 15.5. The van der Waals surface area contributed by atoms with E-state index in [2.05, 4.69) is 15.4 Å². The quantitative estimate of drug-likeness (QED) is 0.470. The minimum atomic E-state index is -0.327. The van der Waals surface area contributed by atoms with Gasteiger partial charge in [0.2, 0.25) is 5.91 Å². The molecule has 3 aromatic heterocycles. The van der Waals surface area contributed by atoms with Gasteiger partial charge in [-0.25, -0.2) is 4.98 Å². The molecule has 0 radical (unpaired) electrons. The Kier molecular flexibility index (Phi) is 5.56. The molecule has 4 heterocycles. The third kappa shape index (κ3) is 4.25. The molecule has 1 aliphatic heterocycles. The third-order valence-corrected chi connectivity index (χ3v) is 6.29. The van der Waals surface area contributed by atoms with Crippen LogP contribution in [0, 0.1) is 0 Å². The molecule has 0 unspecified atom stereocenters. The number of anilines is 1. The molecule has 2 amide bonds. The van der Waals surface area contributed by atoms with Crippen molar-refractivity contribution in [2.24, 2.45) is 7.05 Å². The molecule has 10 heteroatoms. The zero-order valence-corrected chi connectivity index (χ0v) is 19.4. The third-order valence-electron chi connectivity index (χ3n) is 6.29. The molecule has 0 saturated carbocycles. The van der Waals surface area contributed by atoms with Gasteiger partial charge in [0.25, 0.3) is 11.8 Å². The average Bonchev–Trinajstić information content (AvgIpc) is 3.58. The van der Waals surface area contributed by atoms with Crippen LogP contribution in [-0.4, -0.2) is 61.1 Å². The number of pyridine rings is 1. The Balaban J connectivity index is 1.27. The number of aromatic nitrogens is 4. The summed E-state index contributed by atoms with van der Waals surface area (Å²) >= 11 is 0. The molecule has 1 fully saturated rings. The van der Waals surface area contributed by atoms with Crippen LogP contribution in [0.1, 0.15) is 38.9 Å². The lowest BCUT2D eigenvalue weighted by atomic mass is 10.1. The number of fused-ring (bicyclic) bond motifs is 1. The predicted octanol–water partition coefficient (Wildman–Crippen LogP) is 2.32. The molecule has 5 rings (SSSR count). The number of carbonyl (C=O) groups excluding carboxylic acids is 3. The molecular weight excluding hydrogens is 446 g/mol. The minimum absolute atomic E-state index is 0.0842. The van der Waals surface area contributed by atoms with Crippen molar-refractivity contribution in [1.29, 1.82) is 0 Å². The fraction of sp³-hybridized carbons (Fsp3) is 0.240. The molecule has 1 saturated heterocycles. The van der Waals surface area contributed by atoms with Gasteiger partial charge in [0.05, 0.1) is 17.3 Å². The highest BCUT2D eigenvalue weighted by molar-refractivity contribution is 6.01. The molecule has 4 aromatic rings. The monoisotopic (exact) mass is 471 g/mol. The SMILES string of the molecule is CC(=O)n1ccc2cc(C(=O)N3CC[C@@H](NC(=O)c4cc(-c5cnn(C)c5)cnc4N)C3)ccc21. The Hall–Kier alpha value is -4.47. The Labute approximate surface area is 201 Å². The first-order valence-corrected chi connectivity index (χ1v) is 11.3. The maximum Gasteiger partial charge on any atom is 0.255 e. The number of likely N-dealkylation sites (tertiary alicyclic amines) is 1. The zero-order chi connectivity index (χ0) is 24.7. The molecule has 0 bridgehead atoms. The summed E-state index contributed by atoms with van der Waals surface area (Å²) in [5, 5.41) is 7.96. The first-order valence-electron chi connectivity index (χ1n) is 11.3. The van der Waals surface area contributed by atoms with Crippen molar-refractivity contribution in [3.63, 3.8) is 0 Å². The van der Waals surface area contributed by atoms with Gasteiger partial charge < -0.3 is 16.0 Å². The molecule has 0 aliphatic carbocycles. The molecule has 35 heavy (non-hydrogen) atoms. The van der Waals surface area contributed by atoms with Gasteiger partial charge in [-0.05, 0) is 36.8 Å². The molecule has 0 spiro atoms. The number of aryl methyl sites for hydroxylation is 1. The molecule has 1 atom stereocenters. The second kappa shape index (κ2) is 8.71. The number of nitrogens with two attached hydrogens (primary N) is 1. The molecule has 3 N–H and O–H groups in total.